The molecule has 0 radical (unpaired) electrons. The van der Waals surface area contributed by atoms with E-state index < -0.39 is 0 Å². The van der Waals surface area contributed by atoms with Gasteiger partial charge in [0.2, 0.25) is 0 Å². The molecule has 2 unspecified atom stereocenters. The molecule has 1 aliphatic heterocycles. The summed E-state index contributed by atoms with van der Waals surface area (Å²) in [6.07, 6.45) is 2.90. The molecule has 2 fully saturated rings. The summed E-state index contributed by atoms with van der Waals surface area (Å²) < 4.78 is 0. The summed E-state index contributed by atoms with van der Waals surface area (Å²) >= 11 is 0. The van der Waals surface area contributed by atoms with Gasteiger partial charge in [0.05, 0.1) is 0 Å². The van der Waals surface area contributed by atoms with Crippen LogP contribution in [0.3, 0.4) is 0 Å². The van der Waals surface area contributed by atoms with Gasteiger partial charge in [-0.05, 0) is 37.3 Å². The second kappa shape index (κ2) is 2.76. The van der Waals surface area contributed by atoms with E-state index in [0.717, 1.165) is 12.5 Å². The average molecular weight is 154 g/mol. The summed E-state index contributed by atoms with van der Waals surface area (Å²) in [6.45, 7) is 7.07. The molecule has 0 bridgehead atoms. The van der Waals surface area contributed by atoms with Gasteiger partial charge < -0.3 is 10.6 Å². The highest BCUT2D eigenvalue weighted by molar-refractivity contribution is 5.03. The van der Waals surface area contributed by atoms with Crippen LogP contribution >= 0.6 is 0 Å². The van der Waals surface area contributed by atoms with Crippen LogP contribution in [0.5, 0.6) is 0 Å². The first-order valence-electron chi connectivity index (χ1n) is 4.79. The van der Waals surface area contributed by atoms with Crippen molar-refractivity contribution in [1.29, 1.82) is 0 Å². The molecule has 1 heterocycles. The summed E-state index contributed by atoms with van der Waals surface area (Å²) in [5.41, 5.74) is 0.663. The zero-order valence-corrected chi connectivity index (χ0v) is 7.32. The first-order valence-corrected chi connectivity index (χ1v) is 4.79. The highest BCUT2D eigenvalue weighted by Crippen LogP contribution is 2.48. The number of rotatable bonds is 3. The molecule has 64 valence electrons. The van der Waals surface area contributed by atoms with Gasteiger partial charge in [-0.1, -0.05) is 6.92 Å². The minimum Gasteiger partial charge on any atom is -0.316 e. The van der Waals surface area contributed by atoms with Gasteiger partial charge >= 0.3 is 0 Å². The lowest BCUT2D eigenvalue weighted by atomic mass is 9.62. The Balaban J connectivity index is 1.88. The van der Waals surface area contributed by atoms with Crippen molar-refractivity contribution < 1.29 is 0 Å². The third-order valence-corrected chi connectivity index (χ3v) is 3.45. The Labute approximate surface area is 68.7 Å². The first kappa shape index (κ1) is 7.56. The average Bonchev–Trinajstić information content (AvgIpc) is 2.26. The molecule has 0 spiro atoms. The van der Waals surface area contributed by atoms with Crippen molar-refractivity contribution >= 4 is 0 Å². The number of hydrogen-bond donors (Lipinski definition) is 2. The molecule has 2 nitrogen and oxygen atoms in total. The smallest absolute Gasteiger partial charge is 0.00232 e. The van der Waals surface area contributed by atoms with Gasteiger partial charge in [-0.2, -0.15) is 0 Å². The Hall–Kier alpha value is -0.0800. The normalized spacial score (nSPS) is 41.7. The Morgan fingerprint density at radius 3 is 3.09 bits per heavy atom. The lowest BCUT2D eigenvalue weighted by Crippen LogP contribution is -2.47. The zero-order chi connectivity index (χ0) is 7.73. The second-order valence-electron chi connectivity index (χ2n) is 4.01. The molecule has 0 aromatic heterocycles. The molecule has 1 saturated heterocycles. The molecule has 2 atom stereocenters. The van der Waals surface area contributed by atoms with E-state index in [4.69, 9.17) is 0 Å². The van der Waals surface area contributed by atoms with Crippen LogP contribution in [-0.4, -0.2) is 26.2 Å². The van der Waals surface area contributed by atoms with Crippen LogP contribution in [0.4, 0.5) is 0 Å². The lowest BCUT2D eigenvalue weighted by Gasteiger charge is -2.44. The molecule has 2 heteroatoms. The molecule has 11 heavy (non-hydrogen) atoms. The van der Waals surface area contributed by atoms with Crippen molar-refractivity contribution in [1.82, 2.24) is 10.6 Å². The van der Waals surface area contributed by atoms with Crippen molar-refractivity contribution in [3.05, 3.63) is 0 Å². The van der Waals surface area contributed by atoms with Crippen LogP contribution < -0.4 is 10.6 Å². The van der Waals surface area contributed by atoms with E-state index >= 15 is 0 Å². The molecule has 1 aliphatic carbocycles. The summed E-state index contributed by atoms with van der Waals surface area (Å²) in [4.78, 5) is 0. The fourth-order valence-electron chi connectivity index (χ4n) is 2.47. The Morgan fingerprint density at radius 1 is 1.64 bits per heavy atom. The Bertz CT molecular complexity index is 146. The lowest BCUT2D eigenvalue weighted by molar-refractivity contribution is 0.0858. The van der Waals surface area contributed by atoms with E-state index in [0.29, 0.717) is 5.41 Å². The largest absolute Gasteiger partial charge is 0.316 e. The second-order valence-corrected chi connectivity index (χ2v) is 4.01. The summed E-state index contributed by atoms with van der Waals surface area (Å²) in [5, 5.41) is 6.97. The molecule has 1 saturated carbocycles. The van der Waals surface area contributed by atoms with Gasteiger partial charge in [0.1, 0.15) is 0 Å². The maximum Gasteiger partial charge on any atom is 0.00232 e. The minimum atomic E-state index is 0.663. The van der Waals surface area contributed by atoms with Crippen LogP contribution in [0.1, 0.15) is 19.8 Å². The molecule has 2 rings (SSSR count). The van der Waals surface area contributed by atoms with Gasteiger partial charge in [-0.3, -0.25) is 0 Å². The fourth-order valence-corrected chi connectivity index (χ4v) is 2.47. The van der Waals surface area contributed by atoms with Crippen LogP contribution in [0.15, 0.2) is 0 Å². The van der Waals surface area contributed by atoms with E-state index in [2.05, 4.69) is 17.6 Å². The van der Waals surface area contributed by atoms with Crippen molar-refractivity contribution in [2.45, 2.75) is 19.8 Å². The molecule has 0 aromatic rings. The van der Waals surface area contributed by atoms with Crippen molar-refractivity contribution in [2.24, 2.45) is 11.3 Å². The third kappa shape index (κ3) is 1.09. The Morgan fingerprint density at radius 2 is 2.55 bits per heavy atom. The van der Waals surface area contributed by atoms with Crippen molar-refractivity contribution in [3.8, 4) is 0 Å². The molecule has 2 N–H and O–H groups in total. The maximum atomic E-state index is 3.49. The summed E-state index contributed by atoms with van der Waals surface area (Å²) in [7, 11) is 0. The van der Waals surface area contributed by atoms with Gasteiger partial charge in [0, 0.05) is 13.1 Å². The third-order valence-electron chi connectivity index (χ3n) is 3.45. The van der Waals surface area contributed by atoms with Gasteiger partial charge in [-0.25, -0.2) is 0 Å². The van der Waals surface area contributed by atoms with Crippen LogP contribution in [-0.2, 0) is 0 Å². The highest BCUT2D eigenvalue weighted by atomic mass is 15.0. The highest BCUT2D eigenvalue weighted by Gasteiger charge is 2.49. The van der Waals surface area contributed by atoms with E-state index in [-0.39, 0.29) is 0 Å². The van der Waals surface area contributed by atoms with Crippen LogP contribution in [0.25, 0.3) is 0 Å². The standard InChI is InChI=1S/C9H18N2/c1-2-10-6-9-4-3-8(9)5-11-7-9/h8,10-11H,2-7H2,1H3. The van der Waals surface area contributed by atoms with Crippen LogP contribution in [0, 0.1) is 11.3 Å². The molecule has 2 aliphatic rings. The molecular weight excluding hydrogens is 136 g/mol. The number of fused-ring (bicyclic) bond motifs is 1. The van der Waals surface area contributed by atoms with Crippen molar-refractivity contribution in [2.75, 3.05) is 26.2 Å². The van der Waals surface area contributed by atoms with Crippen LogP contribution in [0.2, 0.25) is 0 Å². The quantitative estimate of drug-likeness (QED) is 0.622. The van der Waals surface area contributed by atoms with Gasteiger partial charge in [0.15, 0.2) is 0 Å². The number of hydrogen-bond acceptors (Lipinski definition) is 2. The predicted molar refractivity (Wildman–Crippen MR) is 46.6 cm³/mol. The topological polar surface area (TPSA) is 24.1 Å². The first-order chi connectivity index (χ1) is 5.37. The summed E-state index contributed by atoms with van der Waals surface area (Å²) in [6, 6.07) is 0. The van der Waals surface area contributed by atoms with Crippen molar-refractivity contribution in [3.63, 3.8) is 0 Å². The number of nitrogens with one attached hydrogen (secondary N) is 2. The summed E-state index contributed by atoms with van der Waals surface area (Å²) in [5.74, 6) is 0.988. The van der Waals surface area contributed by atoms with Gasteiger partial charge in [-0.15, -0.1) is 0 Å². The molecule has 0 aromatic carbocycles. The Kier molecular flexibility index (Phi) is 1.90. The van der Waals surface area contributed by atoms with E-state index in [1.165, 1.54) is 32.5 Å². The minimum absolute atomic E-state index is 0.663. The van der Waals surface area contributed by atoms with E-state index in [1.54, 1.807) is 0 Å². The SMILES string of the molecule is CCNCC12CCC1CNC2. The predicted octanol–water partition coefficient (Wildman–Crippen LogP) is 0.595. The molecular formula is C9H18N2. The van der Waals surface area contributed by atoms with Gasteiger partial charge in [0.25, 0.3) is 0 Å². The fraction of sp³-hybridized carbons (Fsp3) is 1.00. The van der Waals surface area contributed by atoms with E-state index in [9.17, 15) is 0 Å². The molecule has 0 amide bonds. The maximum absolute atomic E-state index is 3.49. The van der Waals surface area contributed by atoms with E-state index in [1.807, 2.05) is 0 Å². The monoisotopic (exact) mass is 154 g/mol. The zero-order valence-electron chi connectivity index (χ0n) is 7.32.